The van der Waals surface area contributed by atoms with E-state index in [4.69, 9.17) is 4.84 Å². The SMILES string of the molecule is C=CCONC(=O)C1CC(C)CCC1C(C)C. The number of amides is 1. The van der Waals surface area contributed by atoms with Crippen LogP contribution in [-0.2, 0) is 9.63 Å². The van der Waals surface area contributed by atoms with Crippen molar-refractivity contribution in [1.29, 1.82) is 0 Å². The van der Waals surface area contributed by atoms with E-state index in [1.807, 2.05) is 0 Å². The third-order valence-corrected chi connectivity index (χ3v) is 3.73. The Balaban J connectivity index is 2.55. The van der Waals surface area contributed by atoms with Gasteiger partial charge in [-0.3, -0.25) is 9.63 Å². The van der Waals surface area contributed by atoms with Crippen molar-refractivity contribution in [2.45, 2.75) is 40.0 Å². The Labute approximate surface area is 105 Å². The summed E-state index contributed by atoms with van der Waals surface area (Å²) in [5.74, 6) is 1.82. The zero-order chi connectivity index (χ0) is 12.8. The number of hydrogen-bond donors (Lipinski definition) is 1. The van der Waals surface area contributed by atoms with Gasteiger partial charge in [0, 0.05) is 5.92 Å². The summed E-state index contributed by atoms with van der Waals surface area (Å²) < 4.78 is 0. The second kappa shape index (κ2) is 6.80. The van der Waals surface area contributed by atoms with E-state index in [9.17, 15) is 4.79 Å². The molecule has 0 aromatic carbocycles. The number of hydroxylamine groups is 1. The van der Waals surface area contributed by atoms with Crippen LogP contribution in [-0.4, -0.2) is 12.5 Å². The second-order valence-corrected chi connectivity index (χ2v) is 5.50. The molecule has 0 heterocycles. The molecule has 3 atom stereocenters. The van der Waals surface area contributed by atoms with Gasteiger partial charge in [-0.15, -0.1) is 6.58 Å². The molecule has 0 spiro atoms. The van der Waals surface area contributed by atoms with Gasteiger partial charge in [-0.1, -0.05) is 33.3 Å². The minimum absolute atomic E-state index is 0.0390. The molecule has 98 valence electrons. The van der Waals surface area contributed by atoms with Crippen molar-refractivity contribution in [3.8, 4) is 0 Å². The molecule has 0 aromatic rings. The van der Waals surface area contributed by atoms with Gasteiger partial charge in [-0.25, -0.2) is 5.48 Å². The molecule has 3 unspecified atom stereocenters. The van der Waals surface area contributed by atoms with E-state index in [0.717, 1.165) is 12.8 Å². The summed E-state index contributed by atoms with van der Waals surface area (Å²) in [5.41, 5.74) is 2.55. The maximum absolute atomic E-state index is 12.1. The average molecular weight is 239 g/mol. The van der Waals surface area contributed by atoms with Gasteiger partial charge in [0.1, 0.15) is 0 Å². The fourth-order valence-corrected chi connectivity index (χ4v) is 2.75. The Kier molecular flexibility index (Phi) is 5.69. The molecule has 1 fully saturated rings. The molecule has 3 nitrogen and oxygen atoms in total. The average Bonchev–Trinajstić information content (AvgIpc) is 2.28. The van der Waals surface area contributed by atoms with Crippen molar-refractivity contribution >= 4 is 5.91 Å². The molecule has 1 amide bonds. The van der Waals surface area contributed by atoms with Gasteiger partial charge in [0.15, 0.2) is 0 Å². The highest BCUT2D eigenvalue weighted by molar-refractivity contribution is 5.78. The molecular weight excluding hydrogens is 214 g/mol. The highest BCUT2D eigenvalue weighted by atomic mass is 16.6. The molecule has 0 bridgehead atoms. The van der Waals surface area contributed by atoms with Gasteiger partial charge in [-0.2, -0.15) is 0 Å². The standard InChI is InChI=1S/C14H25NO2/c1-5-8-17-15-14(16)13-9-11(4)6-7-12(13)10(2)3/h5,10-13H,1,6-9H2,2-4H3,(H,15,16). The highest BCUT2D eigenvalue weighted by Crippen LogP contribution is 2.37. The van der Waals surface area contributed by atoms with Gasteiger partial charge in [-0.05, 0) is 30.6 Å². The van der Waals surface area contributed by atoms with E-state index < -0.39 is 0 Å². The lowest BCUT2D eigenvalue weighted by Gasteiger charge is -2.36. The Morgan fingerprint density at radius 3 is 2.82 bits per heavy atom. The van der Waals surface area contributed by atoms with Crippen LogP contribution in [0, 0.1) is 23.7 Å². The van der Waals surface area contributed by atoms with Crippen LogP contribution < -0.4 is 5.48 Å². The molecule has 0 saturated heterocycles. The van der Waals surface area contributed by atoms with E-state index in [1.165, 1.54) is 6.42 Å². The predicted molar refractivity (Wildman–Crippen MR) is 69.1 cm³/mol. The highest BCUT2D eigenvalue weighted by Gasteiger charge is 2.35. The summed E-state index contributed by atoms with van der Waals surface area (Å²) in [6, 6.07) is 0. The summed E-state index contributed by atoms with van der Waals surface area (Å²) in [6.45, 7) is 10.5. The minimum atomic E-state index is 0.0390. The molecule has 1 aliphatic carbocycles. The van der Waals surface area contributed by atoms with E-state index in [-0.39, 0.29) is 11.8 Å². The smallest absolute Gasteiger partial charge is 0.246 e. The monoisotopic (exact) mass is 239 g/mol. The number of nitrogens with one attached hydrogen (secondary N) is 1. The topological polar surface area (TPSA) is 38.3 Å². The first-order chi connectivity index (χ1) is 8.06. The van der Waals surface area contributed by atoms with Crippen LogP contribution in [0.3, 0.4) is 0 Å². The molecule has 1 N–H and O–H groups in total. The van der Waals surface area contributed by atoms with Crippen LogP contribution in [0.1, 0.15) is 40.0 Å². The Hall–Kier alpha value is -0.830. The normalized spacial score (nSPS) is 29.1. The van der Waals surface area contributed by atoms with Crippen LogP contribution in [0.5, 0.6) is 0 Å². The van der Waals surface area contributed by atoms with Gasteiger partial charge in [0.2, 0.25) is 5.91 Å². The van der Waals surface area contributed by atoms with E-state index in [1.54, 1.807) is 6.08 Å². The minimum Gasteiger partial charge on any atom is -0.272 e. The van der Waals surface area contributed by atoms with Crippen LogP contribution in [0.25, 0.3) is 0 Å². The molecular formula is C14H25NO2. The van der Waals surface area contributed by atoms with Crippen LogP contribution in [0.15, 0.2) is 12.7 Å². The zero-order valence-electron chi connectivity index (χ0n) is 11.2. The van der Waals surface area contributed by atoms with Gasteiger partial charge in [0.05, 0.1) is 6.61 Å². The fraction of sp³-hybridized carbons (Fsp3) is 0.786. The number of hydrogen-bond acceptors (Lipinski definition) is 2. The van der Waals surface area contributed by atoms with E-state index in [2.05, 4.69) is 32.8 Å². The van der Waals surface area contributed by atoms with Crippen molar-refractivity contribution in [3.63, 3.8) is 0 Å². The molecule has 3 heteroatoms. The first-order valence-corrected chi connectivity index (χ1v) is 6.58. The van der Waals surface area contributed by atoms with Crippen LogP contribution in [0.2, 0.25) is 0 Å². The van der Waals surface area contributed by atoms with Crippen LogP contribution in [0.4, 0.5) is 0 Å². The Bertz CT molecular complexity index is 263. The van der Waals surface area contributed by atoms with Crippen molar-refractivity contribution in [3.05, 3.63) is 12.7 Å². The lowest BCUT2D eigenvalue weighted by Crippen LogP contribution is -2.40. The molecule has 17 heavy (non-hydrogen) atoms. The van der Waals surface area contributed by atoms with Gasteiger partial charge >= 0.3 is 0 Å². The maximum Gasteiger partial charge on any atom is 0.246 e. The first-order valence-electron chi connectivity index (χ1n) is 6.58. The predicted octanol–water partition coefficient (Wildman–Crippen LogP) is 2.93. The molecule has 1 aliphatic rings. The molecule has 0 radical (unpaired) electrons. The summed E-state index contributed by atoms with van der Waals surface area (Å²) in [5, 5.41) is 0. The third kappa shape index (κ3) is 4.15. The summed E-state index contributed by atoms with van der Waals surface area (Å²) in [7, 11) is 0. The van der Waals surface area contributed by atoms with E-state index in [0.29, 0.717) is 24.4 Å². The van der Waals surface area contributed by atoms with E-state index >= 15 is 0 Å². The lowest BCUT2D eigenvalue weighted by molar-refractivity contribution is -0.141. The Morgan fingerprint density at radius 1 is 1.53 bits per heavy atom. The first kappa shape index (κ1) is 14.2. The van der Waals surface area contributed by atoms with Crippen molar-refractivity contribution in [2.24, 2.45) is 23.7 Å². The summed E-state index contributed by atoms with van der Waals surface area (Å²) in [4.78, 5) is 17.1. The van der Waals surface area contributed by atoms with Crippen molar-refractivity contribution < 1.29 is 9.63 Å². The molecule has 1 rings (SSSR count). The van der Waals surface area contributed by atoms with Gasteiger partial charge in [0.25, 0.3) is 0 Å². The number of carbonyl (C=O) groups is 1. The molecule has 1 saturated carbocycles. The Morgan fingerprint density at radius 2 is 2.24 bits per heavy atom. The molecule has 0 aliphatic heterocycles. The number of carbonyl (C=O) groups excluding carboxylic acids is 1. The number of rotatable bonds is 5. The second-order valence-electron chi connectivity index (χ2n) is 5.50. The van der Waals surface area contributed by atoms with Crippen LogP contribution >= 0.6 is 0 Å². The third-order valence-electron chi connectivity index (χ3n) is 3.73. The fourth-order valence-electron chi connectivity index (χ4n) is 2.75. The molecule has 0 aromatic heterocycles. The van der Waals surface area contributed by atoms with Crippen molar-refractivity contribution in [1.82, 2.24) is 5.48 Å². The van der Waals surface area contributed by atoms with Crippen molar-refractivity contribution in [2.75, 3.05) is 6.61 Å². The van der Waals surface area contributed by atoms with Gasteiger partial charge < -0.3 is 0 Å². The maximum atomic E-state index is 12.1. The largest absolute Gasteiger partial charge is 0.272 e. The lowest BCUT2D eigenvalue weighted by atomic mass is 9.70. The zero-order valence-corrected chi connectivity index (χ0v) is 11.2. The summed E-state index contributed by atoms with van der Waals surface area (Å²) in [6.07, 6.45) is 4.99. The summed E-state index contributed by atoms with van der Waals surface area (Å²) >= 11 is 0. The quantitative estimate of drug-likeness (QED) is 0.455.